The van der Waals surface area contributed by atoms with Crippen LogP contribution >= 0.6 is 11.3 Å². The number of ether oxygens (including phenoxy) is 1. The SMILES string of the molecule is Cc1nc(NC(=O)NCCOCCC(C)(C)C)sc1C#Cc1ccncc1. The fourth-order valence-corrected chi connectivity index (χ4v) is 2.80. The molecule has 0 aliphatic carbocycles. The Morgan fingerprint density at radius 1 is 1.22 bits per heavy atom. The quantitative estimate of drug-likeness (QED) is 0.584. The average molecular weight is 387 g/mol. The summed E-state index contributed by atoms with van der Waals surface area (Å²) in [6.07, 6.45) is 4.39. The first-order chi connectivity index (χ1) is 12.8. The second kappa shape index (κ2) is 10.0. The molecule has 0 atom stereocenters. The molecule has 2 amide bonds. The van der Waals surface area contributed by atoms with E-state index in [9.17, 15) is 4.79 Å². The number of carbonyl (C=O) groups is 1. The zero-order chi connectivity index (χ0) is 19.7. The highest BCUT2D eigenvalue weighted by Gasteiger charge is 2.10. The number of nitrogens with zero attached hydrogens (tertiary/aromatic N) is 2. The summed E-state index contributed by atoms with van der Waals surface area (Å²) < 4.78 is 5.53. The molecular formula is C20H26N4O2S. The number of hydrogen-bond acceptors (Lipinski definition) is 5. The van der Waals surface area contributed by atoms with E-state index in [-0.39, 0.29) is 11.4 Å². The van der Waals surface area contributed by atoms with Gasteiger partial charge >= 0.3 is 6.03 Å². The molecule has 0 fully saturated rings. The predicted octanol–water partition coefficient (Wildman–Crippen LogP) is 3.82. The van der Waals surface area contributed by atoms with Crippen LogP contribution in [0.4, 0.5) is 9.93 Å². The van der Waals surface area contributed by atoms with Gasteiger partial charge in [0.1, 0.15) is 4.88 Å². The van der Waals surface area contributed by atoms with Gasteiger partial charge in [-0.3, -0.25) is 10.3 Å². The second-order valence-corrected chi connectivity index (χ2v) is 8.22. The number of amides is 2. The third-order valence-electron chi connectivity index (χ3n) is 3.55. The number of aryl methyl sites for hydroxylation is 1. The third-order valence-corrected chi connectivity index (χ3v) is 4.53. The number of carbonyl (C=O) groups excluding carboxylic acids is 1. The Balaban J connectivity index is 1.76. The first kappa shape index (κ1) is 20.9. The van der Waals surface area contributed by atoms with Crippen LogP contribution in [-0.2, 0) is 4.74 Å². The molecule has 0 unspecified atom stereocenters. The molecule has 0 aliphatic rings. The number of urea groups is 1. The summed E-state index contributed by atoms with van der Waals surface area (Å²) >= 11 is 1.35. The zero-order valence-electron chi connectivity index (χ0n) is 16.3. The molecular weight excluding hydrogens is 360 g/mol. The number of rotatable bonds is 6. The summed E-state index contributed by atoms with van der Waals surface area (Å²) in [6, 6.07) is 3.40. The van der Waals surface area contributed by atoms with E-state index in [2.05, 4.69) is 53.2 Å². The smallest absolute Gasteiger partial charge is 0.321 e. The highest BCUT2D eigenvalue weighted by molar-refractivity contribution is 7.16. The molecule has 2 aromatic rings. The molecule has 6 nitrogen and oxygen atoms in total. The van der Waals surface area contributed by atoms with Gasteiger partial charge in [0, 0.05) is 31.1 Å². The van der Waals surface area contributed by atoms with E-state index in [4.69, 9.17) is 4.74 Å². The first-order valence-electron chi connectivity index (χ1n) is 8.85. The van der Waals surface area contributed by atoms with Crippen LogP contribution in [0.15, 0.2) is 24.5 Å². The molecule has 144 valence electrons. The molecule has 2 aromatic heterocycles. The lowest BCUT2D eigenvalue weighted by Crippen LogP contribution is -2.31. The van der Waals surface area contributed by atoms with Crippen LogP contribution in [0.3, 0.4) is 0 Å². The van der Waals surface area contributed by atoms with Crippen molar-refractivity contribution >= 4 is 22.5 Å². The highest BCUT2D eigenvalue weighted by atomic mass is 32.1. The molecule has 0 aromatic carbocycles. The molecule has 0 bridgehead atoms. The number of thiazole rings is 1. The van der Waals surface area contributed by atoms with Crippen LogP contribution in [0.25, 0.3) is 0 Å². The second-order valence-electron chi connectivity index (χ2n) is 7.22. The van der Waals surface area contributed by atoms with E-state index in [1.54, 1.807) is 12.4 Å². The minimum atomic E-state index is -0.295. The Morgan fingerprint density at radius 3 is 2.67 bits per heavy atom. The van der Waals surface area contributed by atoms with E-state index in [0.717, 1.165) is 22.6 Å². The van der Waals surface area contributed by atoms with Gasteiger partial charge in [-0.25, -0.2) is 9.78 Å². The molecule has 2 N–H and O–H groups in total. The number of hydrogen-bond donors (Lipinski definition) is 2. The fraction of sp³-hybridized carbons (Fsp3) is 0.450. The summed E-state index contributed by atoms with van der Waals surface area (Å²) in [4.78, 5) is 21.1. The molecule has 0 radical (unpaired) electrons. The minimum absolute atomic E-state index is 0.255. The van der Waals surface area contributed by atoms with Crippen molar-refractivity contribution in [2.75, 3.05) is 25.1 Å². The molecule has 0 saturated carbocycles. The summed E-state index contributed by atoms with van der Waals surface area (Å²) in [5, 5.41) is 6.03. The Bertz CT molecular complexity index is 801. The number of pyridine rings is 1. The Hall–Kier alpha value is -2.43. The molecule has 0 saturated heterocycles. The van der Waals surface area contributed by atoms with Crippen LogP contribution < -0.4 is 10.6 Å². The maximum Gasteiger partial charge on any atom is 0.321 e. The number of aromatic nitrogens is 2. The Kier molecular flexibility index (Phi) is 7.77. The lowest BCUT2D eigenvalue weighted by Gasteiger charge is -2.17. The maximum absolute atomic E-state index is 12.0. The first-order valence-corrected chi connectivity index (χ1v) is 9.67. The largest absolute Gasteiger partial charge is 0.380 e. The van der Waals surface area contributed by atoms with E-state index >= 15 is 0 Å². The molecule has 27 heavy (non-hydrogen) atoms. The van der Waals surface area contributed by atoms with Crippen molar-refractivity contribution in [2.24, 2.45) is 5.41 Å². The van der Waals surface area contributed by atoms with Gasteiger partial charge in [-0.05, 0) is 36.8 Å². The lowest BCUT2D eigenvalue weighted by atomic mass is 9.93. The topological polar surface area (TPSA) is 76.1 Å². The average Bonchev–Trinajstić information content (AvgIpc) is 2.95. The van der Waals surface area contributed by atoms with Gasteiger partial charge in [-0.15, -0.1) is 0 Å². The van der Waals surface area contributed by atoms with Crippen molar-refractivity contribution in [1.82, 2.24) is 15.3 Å². The van der Waals surface area contributed by atoms with Gasteiger partial charge in [0.15, 0.2) is 5.13 Å². The summed E-state index contributed by atoms with van der Waals surface area (Å²) in [7, 11) is 0. The van der Waals surface area contributed by atoms with E-state index in [1.165, 1.54) is 11.3 Å². The van der Waals surface area contributed by atoms with Crippen LogP contribution in [0.1, 0.15) is 43.3 Å². The standard InChI is InChI=1S/C20H26N4O2S/c1-15-17(6-5-16-7-10-21-11-8-16)27-19(23-15)24-18(25)22-12-14-26-13-9-20(2,3)4/h7-8,10-11H,9,12-14H2,1-4H3,(H2,22,23,24,25). The predicted molar refractivity (Wildman–Crippen MR) is 109 cm³/mol. The highest BCUT2D eigenvalue weighted by Crippen LogP contribution is 2.21. The third kappa shape index (κ3) is 8.20. The number of anilines is 1. The van der Waals surface area contributed by atoms with Gasteiger partial charge in [0.2, 0.25) is 0 Å². The fourth-order valence-electron chi connectivity index (χ4n) is 1.99. The van der Waals surface area contributed by atoms with Crippen molar-refractivity contribution < 1.29 is 9.53 Å². The van der Waals surface area contributed by atoms with Crippen molar-refractivity contribution in [3.05, 3.63) is 40.7 Å². The van der Waals surface area contributed by atoms with Crippen molar-refractivity contribution in [2.45, 2.75) is 34.1 Å². The van der Waals surface area contributed by atoms with Crippen molar-refractivity contribution in [1.29, 1.82) is 0 Å². The van der Waals surface area contributed by atoms with Gasteiger partial charge in [-0.2, -0.15) is 0 Å². The molecule has 0 aliphatic heterocycles. The van der Waals surface area contributed by atoms with Crippen molar-refractivity contribution in [3.63, 3.8) is 0 Å². The summed E-state index contributed by atoms with van der Waals surface area (Å²) in [6.45, 7) is 10.0. The summed E-state index contributed by atoms with van der Waals surface area (Å²) in [5.41, 5.74) is 1.93. The van der Waals surface area contributed by atoms with Crippen LogP contribution in [0, 0.1) is 24.2 Å². The van der Waals surface area contributed by atoms with Crippen molar-refractivity contribution in [3.8, 4) is 11.8 Å². The van der Waals surface area contributed by atoms with Crippen LogP contribution in [0.5, 0.6) is 0 Å². The van der Waals surface area contributed by atoms with Crippen LogP contribution in [-0.4, -0.2) is 35.8 Å². The minimum Gasteiger partial charge on any atom is -0.380 e. The van der Waals surface area contributed by atoms with E-state index in [1.807, 2.05) is 19.1 Å². The molecule has 0 spiro atoms. The van der Waals surface area contributed by atoms with Gasteiger partial charge < -0.3 is 10.1 Å². The Morgan fingerprint density at radius 2 is 1.96 bits per heavy atom. The molecule has 7 heteroatoms. The van der Waals surface area contributed by atoms with Gasteiger partial charge in [0.05, 0.1) is 12.3 Å². The van der Waals surface area contributed by atoms with Gasteiger partial charge in [-0.1, -0.05) is 38.0 Å². The van der Waals surface area contributed by atoms with E-state index in [0.29, 0.717) is 24.9 Å². The van der Waals surface area contributed by atoms with Crippen LogP contribution in [0.2, 0.25) is 0 Å². The zero-order valence-corrected chi connectivity index (χ0v) is 17.1. The lowest BCUT2D eigenvalue weighted by molar-refractivity contribution is 0.111. The number of nitrogens with one attached hydrogen (secondary N) is 2. The normalized spacial score (nSPS) is 10.8. The molecule has 2 heterocycles. The van der Waals surface area contributed by atoms with E-state index < -0.39 is 0 Å². The maximum atomic E-state index is 12.0. The Labute approximate surface area is 164 Å². The summed E-state index contributed by atoms with van der Waals surface area (Å²) in [5.74, 6) is 6.16. The van der Waals surface area contributed by atoms with Gasteiger partial charge in [0.25, 0.3) is 0 Å². The monoisotopic (exact) mass is 386 g/mol. The molecule has 2 rings (SSSR count).